The number of nitrogens with one attached hydrogen (secondary N) is 1. The number of urea groups is 1. The summed E-state index contributed by atoms with van der Waals surface area (Å²) in [6, 6.07) is 21.4. The van der Waals surface area contributed by atoms with Crippen LogP contribution in [0.25, 0.3) is 0 Å². The fourth-order valence-electron chi connectivity index (χ4n) is 4.05. The lowest BCUT2D eigenvalue weighted by atomic mass is 10.1. The van der Waals surface area contributed by atoms with Gasteiger partial charge in [0.2, 0.25) is 5.91 Å². The zero-order valence-corrected chi connectivity index (χ0v) is 21.7. The first kappa shape index (κ1) is 27.0. The average molecular weight is 491 g/mol. The number of aromatic nitrogens is 1. The molecular formula is C29H38N4O3. The Balaban J connectivity index is 1.77. The first-order valence-electron chi connectivity index (χ1n) is 12.6. The van der Waals surface area contributed by atoms with Crippen LogP contribution in [0.1, 0.15) is 37.1 Å². The van der Waals surface area contributed by atoms with Crippen LogP contribution in [0.3, 0.4) is 0 Å². The summed E-state index contributed by atoms with van der Waals surface area (Å²) in [6.07, 6.45) is 3.43. The molecule has 0 saturated carbocycles. The van der Waals surface area contributed by atoms with E-state index in [4.69, 9.17) is 4.74 Å². The topological polar surface area (TPSA) is 66.8 Å². The molecule has 1 heterocycles. The van der Waals surface area contributed by atoms with Crippen molar-refractivity contribution in [2.45, 2.75) is 39.8 Å². The molecule has 0 unspecified atom stereocenters. The summed E-state index contributed by atoms with van der Waals surface area (Å²) in [6.45, 7) is 6.51. The molecule has 3 rings (SSSR count). The third-order valence-electron chi connectivity index (χ3n) is 6.15. The molecule has 0 atom stereocenters. The SMILES string of the molecule is CCOCCCN(CC(=O)N(Cc1ccccc1)Cc1cccn1C)C(=O)Nc1ccccc1CC. The number of ether oxygens (including phenoxy) is 1. The van der Waals surface area contributed by atoms with Crippen molar-refractivity contribution in [2.75, 3.05) is 31.6 Å². The number of carbonyl (C=O) groups is 2. The Kier molecular flexibility index (Phi) is 10.6. The van der Waals surface area contributed by atoms with E-state index >= 15 is 0 Å². The summed E-state index contributed by atoms with van der Waals surface area (Å²) in [4.78, 5) is 30.4. The maximum Gasteiger partial charge on any atom is 0.322 e. The van der Waals surface area contributed by atoms with Gasteiger partial charge in [-0.05, 0) is 49.1 Å². The van der Waals surface area contributed by atoms with Gasteiger partial charge in [-0.15, -0.1) is 0 Å². The van der Waals surface area contributed by atoms with Crippen LogP contribution in [0, 0.1) is 0 Å². The molecule has 1 aromatic heterocycles. The lowest BCUT2D eigenvalue weighted by molar-refractivity contribution is -0.133. The summed E-state index contributed by atoms with van der Waals surface area (Å²) in [5.41, 5.74) is 3.91. The van der Waals surface area contributed by atoms with Crippen LogP contribution in [0.15, 0.2) is 72.9 Å². The summed E-state index contributed by atoms with van der Waals surface area (Å²) in [5.74, 6) is -0.101. The average Bonchev–Trinajstić information content (AvgIpc) is 3.30. The van der Waals surface area contributed by atoms with Crippen molar-refractivity contribution in [1.82, 2.24) is 14.4 Å². The maximum absolute atomic E-state index is 13.6. The molecule has 0 aliphatic rings. The Morgan fingerprint density at radius 3 is 2.36 bits per heavy atom. The van der Waals surface area contributed by atoms with E-state index in [2.05, 4.69) is 12.2 Å². The first-order chi connectivity index (χ1) is 17.5. The monoisotopic (exact) mass is 490 g/mol. The first-order valence-corrected chi connectivity index (χ1v) is 12.6. The Hall–Kier alpha value is -3.58. The van der Waals surface area contributed by atoms with Crippen molar-refractivity contribution in [2.24, 2.45) is 7.05 Å². The van der Waals surface area contributed by atoms with E-state index in [0.29, 0.717) is 39.3 Å². The number of rotatable bonds is 13. The molecule has 0 aliphatic carbocycles. The highest BCUT2D eigenvalue weighted by Gasteiger charge is 2.23. The molecule has 36 heavy (non-hydrogen) atoms. The molecule has 7 nitrogen and oxygen atoms in total. The van der Waals surface area contributed by atoms with Gasteiger partial charge in [-0.3, -0.25) is 4.79 Å². The van der Waals surface area contributed by atoms with Crippen LogP contribution < -0.4 is 5.32 Å². The Morgan fingerprint density at radius 1 is 0.917 bits per heavy atom. The van der Waals surface area contributed by atoms with Crippen molar-refractivity contribution in [1.29, 1.82) is 0 Å². The van der Waals surface area contributed by atoms with Gasteiger partial charge in [0.05, 0.1) is 6.54 Å². The van der Waals surface area contributed by atoms with Crippen molar-refractivity contribution in [3.63, 3.8) is 0 Å². The van der Waals surface area contributed by atoms with Crippen molar-refractivity contribution in [3.8, 4) is 0 Å². The third kappa shape index (κ3) is 7.99. The molecule has 0 fully saturated rings. The van der Waals surface area contributed by atoms with Gasteiger partial charge in [-0.2, -0.15) is 0 Å². The summed E-state index contributed by atoms with van der Waals surface area (Å²) in [7, 11) is 1.97. The van der Waals surface area contributed by atoms with E-state index < -0.39 is 0 Å². The Bertz CT molecular complexity index is 1100. The van der Waals surface area contributed by atoms with E-state index in [9.17, 15) is 9.59 Å². The minimum Gasteiger partial charge on any atom is -0.382 e. The van der Waals surface area contributed by atoms with E-state index in [1.54, 1.807) is 4.90 Å². The van der Waals surface area contributed by atoms with Crippen LogP contribution in [-0.4, -0.2) is 52.6 Å². The molecule has 0 bridgehead atoms. The zero-order valence-electron chi connectivity index (χ0n) is 21.7. The van der Waals surface area contributed by atoms with E-state index in [-0.39, 0.29) is 18.5 Å². The van der Waals surface area contributed by atoms with Gasteiger partial charge in [-0.1, -0.05) is 55.5 Å². The number of nitrogens with zero attached hydrogens (tertiary/aromatic N) is 3. The van der Waals surface area contributed by atoms with Gasteiger partial charge >= 0.3 is 6.03 Å². The molecule has 192 valence electrons. The summed E-state index contributed by atoms with van der Waals surface area (Å²) < 4.78 is 7.49. The van der Waals surface area contributed by atoms with Crippen LogP contribution >= 0.6 is 0 Å². The summed E-state index contributed by atoms with van der Waals surface area (Å²) in [5, 5.41) is 3.02. The molecule has 3 aromatic rings. The second kappa shape index (κ2) is 14.1. The number of hydrogen-bond donors (Lipinski definition) is 1. The molecule has 2 aromatic carbocycles. The minimum absolute atomic E-state index is 0.0104. The van der Waals surface area contributed by atoms with Crippen molar-refractivity contribution in [3.05, 3.63) is 89.7 Å². The maximum atomic E-state index is 13.6. The van der Waals surface area contributed by atoms with Crippen LogP contribution in [-0.2, 0) is 36.1 Å². The number of amides is 3. The van der Waals surface area contributed by atoms with Gasteiger partial charge in [0, 0.05) is 50.9 Å². The highest BCUT2D eigenvalue weighted by molar-refractivity contribution is 5.93. The molecule has 1 N–H and O–H groups in total. The molecule has 3 amide bonds. The highest BCUT2D eigenvalue weighted by Crippen LogP contribution is 2.17. The molecule has 0 radical (unpaired) electrons. The quantitative estimate of drug-likeness (QED) is 0.340. The van der Waals surface area contributed by atoms with Gasteiger partial charge in [0.15, 0.2) is 0 Å². The Labute approximate surface area is 214 Å². The normalized spacial score (nSPS) is 10.8. The van der Waals surface area contributed by atoms with E-state index in [0.717, 1.165) is 28.9 Å². The molecule has 7 heteroatoms. The van der Waals surface area contributed by atoms with Crippen molar-refractivity contribution >= 4 is 17.6 Å². The highest BCUT2D eigenvalue weighted by atomic mass is 16.5. The second-order valence-electron chi connectivity index (χ2n) is 8.76. The summed E-state index contributed by atoms with van der Waals surface area (Å²) >= 11 is 0. The molecule has 0 spiro atoms. The van der Waals surface area contributed by atoms with Gasteiger partial charge in [0.25, 0.3) is 0 Å². The largest absolute Gasteiger partial charge is 0.382 e. The molecule has 0 aliphatic heterocycles. The van der Waals surface area contributed by atoms with E-state index in [1.807, 2.05) is 96.4 Å². The number of benzene rings is 2. The number of hydrogen-bond acceptors (Lipinski definition) is 3. The number of para-hydroxylation sites is 1. The fourth-order valence-corrected chi connectivity index (χ4v) is 4.05. The molecular weight excluding hydrogens is 452 g/mol. The second-order valence-corrected chi connectivity index (χ2v) is 8.76. The Morgan fingerprint density at radius 2 is 1.67 bits per heavy atom. The van der Waals surface area contributed by atoms with E-state index in [1.165, 1.54) is 0 Å². The van der Waals surface area contributed by atoms with Crippen molar-refractivity contribution < 1.29 is 14.3 Å². The predicted molar refractivity (Wildman–Crippen MR) is 144 cm³/mol. The third-order valence-corrected chi connectivity index (χ3v) is 6.15. The lowest BCUT2D eigenvalue weighted by Gasteiger charge is -2.28. The lowest BCUT2D eigenvalue weighted by Crippen LogP contribution is -2.45. The van der Waals surface area contributed by atoms with Gasteiger partial charge in [-0.25, -0.2) is 4.79 Å². The van der Waals surface area contributed by atoms with Gasteiger partial charge < -0.3 is 24.4 Å². The minimum atomic E-state index is -0.278. The van der Waals surface area contributed by atoms with Gasteiger partial charge in [0.1, 0.15) is 6.54 Å². The smallest absolute Gasteiger partial charge is 0.322 e. The van der Waals surface area contributed by atoms with Crippen LogP contribution in [0.4, 0.5) is 10.5 Å². The number of anilines is 1. The van der Waals surface area contributed by atoms with Crippen LogP contribution in [0.2, 0.25) is 0 Å². The number of aryl methyl sites for hydroxylation is 2. The number of carbonyl (C=O) groups excluding carboxylic acids is 2. The fraction of sp³-hybridized carbons (Fsp3) is 0.379. The predicted octanol–water partition coefficient (Wildman–Crippen LogP) is 5.08. The standard InChI is InChI=1S/C29H38N4O3/c1-4-25-15-9-10-17-27(25)30-29(35)32(19-12-20-36-5-2)23-28(34)33(21-24-13-7-6-8-14-24)22-26-16-11-18-31(26)3/h6-11,13-18H,4-5,12,19-23H2,1-3H3,(H,30,35). The van der Waals surface area contributed by atoms with Crippen LogP contribution in [0.5, 0.6) is 0 Å². The molecule has 0 saturated heterocycles. The zero-order chi connectivity index (χ0) is 25.8.